The Bertz CT molecular complexity index is 853. The van der Waals surface area contributed by atoms with Crippen molar-refractivity contribution in [3.8, 4) is 0 Å². The van der Waals surface area contributed by atoms with Crippen molar-refractivity contribution in [2.45, 2.75) is 77.6 Å². The summed E-state index contributed by atoms with van der Waals surface area (Å²) in [6.45, 7) is 4.23. The summed E-state index contributed by atoms with van der Waals surface area (Å²) >= 11 is 0. The molecule has 2 saturated carbocycles. The predicted octanol–water partition coefficient (Wildman–Crippen LogP) is 7.34. The number of aromatic carboxylic acids is 1. The fraction of sp³-hybridized carbons (Fsp3) is 0.577. The minimum absolute atomic E-state index is 0.417. The highest BCUT2D eigenvalue weighted by Crippen LogP contribution is 2.48. The van der Waals surface area contributed by atoms with Gasteiger partial charge in [-0.05, 0) is 90.7 Å². The Labute approximate surface area is 169 Å². The summed E-state index contributed by atoms with van der Waals surface area (Å²) in [6.07, 6.45) is 12.6. The molecule has 2 aliphatic rings. The molecule has 4 rings (SSSR count). The van der Waals surface area contributed by atoms with Crippen LogP contribution in [0.4, 0.5) is 0 Å². The number of carbonyl (C=O) groups is 1. The molecule has 4 unspecified atom stereocenters. The topological polar surface area (TPSA) is 37.3 Å². The van der Waals surface area contributed by atoms with Crippen molar-refractivity contribution in [1.29, 1.82) is 0 Å². The van der Waals surface area contributed by atoms with Gasteiger partial charge in [-0.15, -0.1) is 0 Å². The van der Waals surface area contributed by atoms with Crippen molar-refractivity contribution in [1.82, 2.24) is 0 Å². The van der Waals surface area contributed by atoms with Crippen LogP contribution in [0.1, 0.15) is 92.1 Å². The van der Waals surface area contributed by atoms with Gasteiger partial charge in [-0.3, -0.25) is 0 Å². The molecule has 0 spiro atoms. The Morgan fingerprint density at radius 3 is 2.61 bits per heavy atom. The summed E-state index contributed by atoms with van der Waals surface area (Å²) in [7, 11) is 0. The van der Waals surface area contributed by atoms with Crippen LogP contribution < -0.4 is 0 Å². The van der Waals surface area contributed by atoms with Crippen LogP contribution in [-0.2, 0) is 0 Å². The summed E-state index contributed by atoms with van der Waals surface area (Å²) in [5.74, 6) is 2.72. The second-order valence-electron chi connectivity index (χ2n) is 9.38. The molecule has 0 bridgehead atoms. The van der Waals surface area contributed by atoms with Crippen LogP contribution in [-0.4, -0.2) is 11.1 Å². The summed E-state index contributed by atoms with van der Waals surface area (Å²) in [6, 6.07) is 10.5. The largest absolute Gasteiger partial charge is 0.478 e. The van der Waals surface area contributed by atoms with Gasteiger partial charge in [0.15, 0.2) is 0 Å². The van der Waals surface area contributed by atoms with Gasteiger partial charge in [0.1, 0.15) is 0 Å². The number of hydrogen-bond acceptors (Lipinski definition) is 1. The van der Waals surface area contributed by atoms with Crippen molar-refractivity contribution in [2.24, 2.45) is 17.8 Å². The molecule has 2 fully saturated rings. The van der Waals surface area contributed by atoms with Crippen LogP contribution >= 0.6 is 0 Å². The van der Waals surface area contributed by atoms with Gasteiger partial charge in [-0.1, -0.05) is 56.9 Å². The third-order valence-corrected chi connectivity index (χ3v) is 7.70. The Kier molecular flexibility index (Phi) is 5.75. The Morgan fingerprint density at radius 1 is 1.04 bits per heavy atom. The van der Waals surface area contributed by atoms with Crippen molar-refractivity contribution in [3.05, 3.63) is 47.0 Å². The third kappa shape index (κ3) is 3.83. The van der Waals surface area contributed by atoms with Crippen LogP contribution in [0.25, 0.3) is 10.8 Å². The number of unbranched alkanes of at least 4 members (excludes halogenated alkanes) is 1. The molecule has 2 nitrogen and oxygen atoms in total. The highest BCUT2D eigenvalue weighted by molar-refractivity contribution is 5.97. The van der Waals surface area contributed by atoms with Crippen LogP contribution in [0.2, 0.25) is 0 Å². The van der Waals surface area contributed by atoms with Gasteiger partial charge in [0.25, 0.3) is 0 Å². The van der Waals surface area contributed by atoms with Crippen LogP contribution in [0.5, 0.6) is 0 Å². The van der Waals surface area contributed by atoms with Crippen molar-refractivity contribution < 1.29 is 9.90 Å². The molecule has 0 amide bonds. The first-order valence-electron chi connectivity index (χ1n) is 11.3. The molecule has 0 aliphatic heterocycles. The summed E-state index contributed by atoms with van der Waals surface area (Å²) in [5.41, 5.74) is 2.76. The van der Waals surface area contributed by atoms with Crippen molar-refractivity contribution in [2.75, 3.05) is 0 Å². The minimum atomic E-state index is -0.837. The summed E-state index contributed by atoms with van der Waals surface area (Å²) in [4.78, 5) is 11.4. The molecule has 4 atom stereocenters. The van der Waals surface area contributed by atoms with Gasteiger partial charge >= 0.3 is 5.97 Å². The van der Waals surface area contributed by atoms with E-state index >= 15 is 0 Å². The standard InChI is InChI=1S/C26H34O2/c1-3-4-5-18-6-7-20-15-21(9-8-19(20)14-18)22-10-12-24-17(2)25(26(27)28)13-11-23(24)16-22/h10-13,16,18-21H,3-9,14-15H2,1-2H3,(H,27,28). The third-order valence-electron chi connectivity index (χ3n) is 7.70. The number of hydrogen-bond donors (Lipinski definition) is 1. The van der Waals surface area contributed by atoms with Gasteiger partial charge in [-0.25, -0.2) is 4.79 Å². The Morgan fingerprint density at radius 2 is 1.82 bits per heavy atom. The lowest BCUT2D eigenvalue weighted by molar-refractivity contribution is 0.0696. The zero-order chi connectivity index (χ0) is 19.7. The molecule has 2 aromatic carbocycles. The molecular formula is C26H34O2. The van der Waals surface area contributed by atoms with Gasteiger partial charge in [0.2, 0.25) is 0 Å². The average molecular weight is 379 g/mol. The van der Waals surface area contributed by atoms with E-state index in [1.165, 1.54) is 68.7 Å². The molecule has 2 aliphatic carbocycles. The van der Waals surface area contributed by atoms with Crippen LogP contribution in [0.15, 0.2) is 30.3 Å². The van der Waals surface area contributed by atoms with Crippen molar-refractivity contribution >= 4 is 16.7 Å². The van der Waals surface area contributed by atoms with Crippen molar-refractivity contribution in [3.63, 3.8) is 0 Å². The fourth-order valence-electron chi connectivity index (χ4n) is 6.03. The molecule has 0 aromatic heterocycles. The number of fused-ring (bicyclic) bond motifs is 2. The van der Waals surface area contributed by atoms with E-state index in [1.54, 1.807) is 6.07 Å². The molecule has 150 valence electrons. The number of carboxylic acid groups (broad SMARTS) is 1. The van der Waals surface area contributed by atoms with Gasteiger partial charge in [0.05, 0.1) is 5.56 Å². The van der Waals surface area contributed by atoms with Gasteiger partial charge in [-0.2, -0.15) is 0 Å². The van der Waals surface area contributed by atoms with E-state index in [0.717, 1.165) is 28.7 Å². The first-order valence-corrected chi connectivity index (χ1v) is 11.3. The molecule has 1 N–H and O–H groups in total. The van der Waals surface area contributed by atoms with E-state index in [2.05, 4.69) is 25.1 Å². The van der Waals surface area contributed by atoms with E-state index in [9.17, 15) is 9.90 Å². The molecule has 2 aromatic rings. The quantitative estimate of drug-likeness (QED) is 0.591. The lowest BCUT2D eigenvalue weighted by atomic mass is 9.63. The van der Waals surface area contributed by atoms with Gasteiger partial charge < -0.3 is 5.11 Å². The predicted molar refractivity (Wildman–Crippen MR) is 116 cm³/mol. The van der Waals surface area contributed by atoms with E-state index in [4.69, 9.17) is 0 Å². The first-order chi connectivity index (χ1) is 13.6. The SMILES string of the molecule is CCCCC1CCC2CC(c3ccc4c(C)c(C(=O)O)ccc4c3)CCC2C1. The lowest BCUT2D eigenvalue weighted by Gasteiger charge is -2.42. The summed E-state index contributed by atoms with van der Waals surface area (Å²) < 4.78 is 0. The zero-order valence-electron chi connectivity index (χ0n) is 17.4. The highest BCUT2D eigenvalue weighted by Gasteiger charge is 2.35. The maximum atomic E-state index is 11.4. The van der Waals surface area contributed by atoms with Crippen LogP contribution in [0, 0.1) is 24.7 Å². The second-order valence-corrected chi connectivity index (χ2v) is 9.38. The van der Waals surface area contributed by atoms with Gasteiger partial charge in [0, 0.05) is 0 Å². The molecule has 0 heterocycles. The molecular weight excluding hydrogens is 344 g/mol. The van der Waals surface area contributed by atoms with E-state index in [-0.39, 0.29) is 0 Å². The Hall–Kier alpha value is -1.83. The first kappa shape index (κ1) is 19.5. The lowest BCUT2D eigenvalue weighted by Crippen LogP contribution is -2.30. The number of carboxylic acids is 1. The molecule has 0 saturated heterocycles. The fourth-order valence-corrected chi connectivity index (χ4v) is 6.03. The molecule has 28 heavy (non-hydrogen) atoms. The average Bonchev–Trinajstić information content (AvgIpc) is 2.71. The summed E-state index contributed by atoms with van der Waals surface area (Å²) in [5, 5.41) is 11.6. The zero-order valence-corrected chi connectivity index (χ0v) is 17.4. The Balaban J connectivity index is 1.48. The van der Waals surface area contributed by atoms with E-state index in [0.29, 0.717) is 11.5 Å². The second kappa shape index (κ2) is 8.27. The number of benzene rings is 2. The highest BCUT2D eigenvalue weighted by atomic mass is 16.4. The minimum Gasteiger partial charge on any atom is -0.478 e. The monoisotopic (exact) mass is 378 g/mol. The normalized spacial score (nSPS) is 27.5. The molecule has 0 radical (unpaired) electrons. The maximum Gasteiger partial charge on any atom is 0.335 e. The maximum absolute atomic E-state index is 11.4. The number of rotatable bonds is 5. The van der Waals surface area contributed by atoms with E-state index in [1.807, 2.05) is 13.0 Å². The number of aryl methyl sites for hydroxylation is 1. The van der Waals surface area contributed by atoms with Crippen LogP contribution in [0.3, 0.4) is 0 Å². The smallest absolute Gasteiger partial charge is 0.335 e. The van der Waals surface area contributed by atoms with E-state index < -0.39 is 5.97 Å². The molecule has 2 heteroatoms.